The Hall–Kier alpha value is -2.86. The predicted octanol–water partition coefficient (Wildman–Crippen LogP) is 7.56. The third-order valence-corrected chi connectivity index (χ3v) is 11.9. The van der Waals surface area contributed by atoms with Crippen molar-refractivity contribution in [3.05, 3.63) is 95.6 Å². The number of carbonyl (C=O) groups is 1. The molecule has 0 radical (unpaired) electrons. The maximum Gasteiger partial charge on any atom is 0.416 e. The molecule has 2 nitrogen and oxygen atoms in total. The van der Waals surface area contributed by atoms with Gasteiger partial charge in [0.25, 0.3) is 5.91 Å². The van der Waals surface area contributed by atoms with Crippen molar-refractivity contribution in [3.63, 3.8) is 0 Å². The molecule has 0 fully saturated rings. The lowest BCUT2D eigenvalue weighted by atomic mass is 10.0. The number of nitrogens with one attached hydrogen (secondary N) is 1. The molecule has 0 spiro atoms. The number of carbonyl (C=O) groups excluding carboxylic acids is 1. The fourth-order valence-corrected chi connectivity index (χ4v) is 9.50. The molecular weight excluding hydrogens is 523 g/mol. The third kappa shape index (κ3) is 6.58. The monoisotopic (exact) mass is 554 g/mol. The molecule has 3 aromatic carbocycles. The van der Waals surface area contributed by atoms with Crippen LogP contribution in [0.2, 0.25) is 0 Å². The summed E-state index contributed by atoms with van der Waals surface area (Å²) in [6.07, 6.45) is -9.58. The first-order valence-corrected chi connectivity index (χ1v) is 14.3. The molecular formula is C29H31F6NOP+. The zero-order chi connectivity index (χ0) is 28.3. The van der Waals surface area contributed by atoms with Crippen molar-refractivity contribution in [1.82, 2.24) is 5.32 Å². The number of hydrogen-bond donors (Lipinski definition) is 1. The number of alkyl halides is 6. The molecule has 0 aromatic heterocycles. The Balaban J connectivity index is 2.07. The van der Waals surface area contributed by atoms with Gasteiger partial charge in [-0.1, -0.05) is 50.2 Å². The Morgan fingerprint density at radius 3 is 1.50 bits per heavy atom. The molecule has 1 N–H and O–H groups in total. The number of hydrogen-bond acceptors (Lipinski definition) is 1. The first kappa shape index (κ1) is 29.7. The molecule has 3 rings (SSSR count). The van der Waals surface area contributed by atoms with E-state index in [-0.39, 0.29) is 17.6 Å². The highest BCUT2D eigenvalue weighted by Gasteiger charge is 2.48. The highest BCUT2D eigenvalue weighted by Crippen LogP contribution is 2.61. The summed E-state index contributed by atoms with van der Waals surface area (Å²) in [6, 6.07) is 20.2. The summed E-state index contributed by atoms with van der Waals surface area (Å²) in [5.74, 6) is -1.11. The fraction of sp³-hybridized carbons (Fsp3) is 0.345. The van der Waals surface area contributed by atoms with Gasteiger partial charge in [0.15, 0.2) is 0 Å². The summed E-state index contributed by atoms with van der Waals surface area (Å²) in [6.45, 7) is 7.97. The van der Waals surface area contributed by atoms with Gasteiger partial charge < -0.3 is 5.32 Å². The van der Waals surface area contributed by atoms with E-state index in [1.165, 1.54) is 0 Å². The highest BCUT2D eigenvalue weighted by atomic mass is 31.2. The van der Waals surface area contributed by atoms with E-state index in [4.69, 9.17) is 0 Å². The minimum atomic E-state index is -5.04. The van der Waals surface area contributed by atoms with Crippen molar-refractivity contribution >= 4 is 23.8 Å². The summed E-state index contributed by atoms with van der Waals surface area (Å²) in [5, 5.41) is 5.02. The van der Waals surface area contributed by atoms with Crippen LogP contribution in [0.15, 0.2) is 78.9 Å². The number of halogens is 6. The van der Waals surface area contributed by atoms with Crippen LogP contribution >= 0.6 is 7.26 Å². The SMILES string of the molecule is CC(C)[C@@H](C[P+](c1ccccc1)(c1ccccc1)C(C)C)NC(=O)c1cc(C(F)(F)F)cc(C(F)(F)F)c1. The van der Waals surface area contributed by atoms with Crippen LogP contribution < -0.4 is 15.9 Å². The first-order chi connectivity index (χ1) is 17.7. The van der Waals surface area contributed by atoms with E-state index < -0.39 is 48.3 Å². The highest BCUT2D eigenvalue weighted by molar-refractivity contribution is 7.90. The summed E-state index contributed by atoms with van der Waals surface area (Å²) in [7, 11) is -2.18. The minimum Gasteiger partial charge on any atom is -0.345 e. The van der Waals surface area contributed by atoms with Crippen molar-refractivity contribution in [1.29, 1.82) is 0 Å². The molecule has 204 valence electrons. The van der Waals surface area contributed by atoms with Gasteiger partial charge in [-0.2, -0.15) is 26.3 Å². The quantitative estimate of drug-likeness (QED) is 0.226. The van der Waals surface area contributed by atoms with Crippen molar-refractivity contribution in [2.24, 2.45) is 5.92 Å². The Morgan fingerprint density at radius 1 is 0.737 bits per heavy atom. The molecule has 0 aliphatic heterocycles. The molecule has 0 heterocycles. The lowest BCUT2D eigenvalue weighted by Crippen LogP contribution is -2.46. The van der Waals surface area contributed by atoms with Crippen LogP contribution in [-0.2, 0) is 12.4 Å². The standard InChI is InChI=1S/C29H30F6NOP/c1-19(2)26(36-27(37)21-15-22(28(30,31)32)17-23(16-21)29(33,34)35)18-38(20(3)4,24-11-7-5-8-12-24)25-13-9-6-10-14-25/h5-17,19-20,26H,18H2,1-4H3/p+1/t26-/m1/s1. The molecule has 0 aliphatic rings. The van der Waals surface area contributed by atoms with Crippen LogP contribution in [0.25, 0.3) is 0 Å². The first-order valence-electron chi connectivity index (χ1n) is 12.3. The van der Waals surface area contributed by atoms with E-state index in [1.807, 2.05) is 74.5 Å². The van der Waals surface area contributed by atoms with Gasteiger partial charge in [-0.15, -0.1) is 0 Å². The predicted molar refractivity (Wildman–Crippen MR) is 142 cm³/mol. The minimum absolute atomic E-state index is 0.0246. The molecule has 38 heavy (non-hydrogen) atoms. The fourth-order valence-electron chi connectivity index (χ4n) is 4.63. The van der Waals surface area contributed by atoms with Gasteiger partial charge in [0, 0.05) is 5.56 Å². The molecule has 0 aliphatic carbocycles. The Labute approximate surface area is 219 Å². The molecule has 1 amide bonds. The molecule has 0 saturated heterocycles. The lowest BCUT2D eigenvalue weighted by Gasteiger charge is -2.35. The van der Waals surface area contributed by atoms with E-state index in [9.17, 15) is 31.1 Å². The van der Waals surface area contributed by atoms with Crippen LogP contribution in [0.3, 0.4) is 0 Å². The van der Waals surface area contributed by atoms with Crippen LogP contribution in [-0.4, -0.2) is 23.8 Å². The molecule has 3 aromatic rings. The molecule has 0 bridgehead atoms. The van der Waals surface area contributed by atoms with E-state index in [0.29, 0.717) is 18.3 Å². The second kappa shape index (κ2) is 11.5. The van der Waals surface area contributed by atoms with Gasteiger partial charge in [0.05, 0.1) is 46.9 Å². The Kier molecular flexibility index (Phi) is 8.97. The van der Waals surface area contributed by atoms with E-state index in [2.05, 4.69) is 19.2 Å². The Morgan fingerprint density at radius 2 is 1.16 bits per heavy atom. The molecule has 9 heteroatoms. The summed E-state index contributed by atoms with van der Waals surface area (Å²) < 4.78 is 80.3. The zero-order valence-electron chi connectivity index (χ0n) is 21.6. The van der Waals surface area contributed by atoms with Crippen LogP contribution in [0.1, 0.15) is 49.2 Å². The average molecular weight is 555 g/mol. The summed E-state index contributed by atoms with van der Waals surface area (Å²) >= 11 is 0. The smallest absolute Gasteiger partial charge is 0.345 e. The lowest BCUT2D eigenvalue weighted by molar-refractivity contribution is -0.143. The maximum atomic E-state index is 13.4. The molecule has 0 unspecified atom stereocenters. The second-order valence-corrected chi connectivity index (χ2v) is 14.1. The molecule has 1 atom stereocenters. The zero-order valence-corrected chi connectivity index (χ0v) is 22.5. The van der Waals surface area contributed by atoms with E-state index >= 15 is 0 Å². The number of amides is 1. The van der Waals surface area contributed by atoms with Gasteiger partial charge in [0.1, 0.15) is 0 Å². The van der Waals surface area contributed by atoms with Crippen molar-refractivity contribution in [2.75, 3.05) is 6.16 Å². The number of benzene rings is 3. The van der Waals surface area contributed by atoms with Gasteiger partial charge >= 0.3 is 12.4 Å². The largest absolute Gasteiger partial charge is 0.416 e. The normalized spacial score (nSPS) is 13.6. The third-order valence-electron chi connectivity index (χ3n) is 6.77. The second-order valence-electron chi connectivity index (χ2n) is 9.93. The van der Waals surface area contributed by atoms with Crippen LogP contribution in [0, 0.1) is 5.92 Å². The topological polar surface area (TPSA) is 29.1 Å². The Bertz CT molecular complexity index is 1150. The molecule has 0 saturated carbocycles. The van der Waals surface area contributed by atoms with Crippen molar-refractivity contribution < 1.29 is 31.1 Å². The average Bonchev–Trinajstić information content (AvgIpc) is 2.85. The number of rotatable bonds is 8. The van der Waals surface area contributed by atoms with Gasteiger partial charge in [-0.05, 0) is 62.2 Å². The van der Waals surface area contributed by atoms with Crippen LogP contribution in [0.5, 0.6) is 0 Å². The van der Waals surface area contributed by atoms with Crippen molar-refractivity contribution in [3.8, 4) is 0 Å². The summed E-state index contributed by atoms with van der Waals surface area (Å²) in [5.41, 5.74) is -3.56. The maximum absolute atomic E-state index is 13.4. The van der Waals surface area contributed by atoms with E-state index in [1.54, 1.807) is 0 Å². The summed E-state index contributed by atoms with van der Waals surface area (Å²) in [4.78, 5) is 13.2. The van der Waals surface area contributed by atoms with Gasteiger partial charge in [-0.25, -0.2) is 0 Å². The van der Waals surface area contributed by atoms with Crippen LogP contribution in [0.4, 0.5) is 26.3 Å². The van der Waals surface area contributed by atoms with E-state index in [0.717, 1.165) is 10.6 Å². The van der Waals surface area contributed by atoms with Crippen molar-refractivity contribution in [2.45, 2.75) is 51.7 Å². The van der Waals surface area contributed by atoms with Gasteiger partial charge in [-0.3, -0.25) is 4.79 Å². The van der Waals surface area contributed by atoms with Gasteiger partial charge in [0.2, 0.25) is 0 Å².